The number of carbonyl (C=O) groups is 2. The number of carbonyl (C=O) groups excluding carboxylic acids is 1. The summed E-state index contributed by atoms with van der Waals surface area (Å²) in [5.74, 6) is -0.991. The van der Waals surface area contributed by atoms with Gasteiger partial charge in [-0.1, -0.05) is 23.7 Å². The second kappa shape index (κ2) is 6.94. The summed E-state index contributed by atoms with van der Waals surface area (Å²) in [6.45, 7) is 1.58. The van der Waals surface area contributed by atoms with Crippen LogP contribution in [0.25, 0.3) is 0 Å². The Morgan fingerprint density at radius 1 is 1.33 bits per heavy atom. The van der Waals surface area contributed by atoms with Crippen molar-refractivity contribution in [3.05, 3.63) is 34.9 Å². The molecule has 0 aromatic heterocycles. The fourth-order valence-corrected chi connectivity index (χ4v) is 2.56. The number of nitrogens with zero attached hydrogens (tertiary/aromatic N) is 1. The van der Waals surface area contributed by atoms with Gasteiger partial charge in [0.15, 0.2) is 0 Å². The van der Waals surface area contributed by atoms with Gasteiger partial charge in [-0.15, -0.1) is 0 Å². The number of amides is 1. The van der Waals surface area contributed by atoms with Gasteiger partial charge in [0.05, 0.1) is 0 Å². The molecule has 1 fully saturated rings. The van der Waals surface area contributed by atoms with Crippen molar-refractivity contribution in [3.63, 3.8) is 0 Å². The van der Waals surface area contributed by atoms with Gasteiger partial charge in [-0.3, -0.25) is 4.79 Å². The Morgan fingerprint density at radius 2 is 1.95 bits per heavy atom. The molecule has 21 heavy (non-hydrogen) atoms. The summed E-state index contributed by atoms with van der Waals surface area (Å²) in [6.07, 6.45) is 3.73. The maximum atomic E-state index is 12.3. The molecule has 0 aliphatic heterocycles. The Morgan fingerprint density at radius 3 is 2.48 bits per heavy atom. The van der Waals surface area contributed by atoms with Crippen LogP contribution in [0.3, 0.4) is 0 Å². The predicted octanol–water partition coefficient (Wildman–Crippen LogP) is 3.13. The van der Waals surface area contributed by atoms with Crippen LogP contribution in [0.4, 0.5) is 0 Å². The average molecular weight is 310 g/mol. The van der Waals surface area contributed by atoms with Gasteiger partial charge in [-0.25, -0.2) is 4.79 Å². The number of benzene rings is 1. The summed E-state index contributed by atoms with van der Waals surface area (Å²) < 4.78 is 0. The summed E-state index contributed by atoms with van der Waals surface area (Å²) in [7, 11) is 0. The molecule has 0 bridgehead atoms. The molecule has 0 saturated heterocycles. The molecule has 4 nitrogen and oxygen atoms in total. The van der Waals surface area contributed by atoms with Crippen molar-refractivity contribution >= 4 is 23.5 Å². The van der Waals surface area contributed by atoms with Crippen molar-refractivity contribution < 1.29 is 14.7 Å². The van der Waals surface area contributed by atoms with Gasteiger partial charge in [0, 0.05) is 17.5 Å². The molecule has 1 aliphatic rings. The number of carboxylic acid groups (broad SMARTS) is 1. The molecular weight excluding hydrogens is 290 g/mol. The minimum Gasteiger partial charge on any atom is -0.480 e. The fourth-order valence-electron chi connectivity index (χ4n) is 2.43. The van der Waals surface area contributed by atoms with Crippen molar-refractivity contribution in [2.24, 2.45) is 0 Å². The first-order valence-electron chi connectivity index (χ1n) is 7.27. The van der Waals surface area contributed by atoms with E-state index >= 15 is 0 Å². The highest BCUT2D eigenvalue weighted by Gasteiger charge is 2.37. The SMILES string of the molecule is CC(C(=O)O)N(C(=O)CCCc1ccc(Cl)cc1)C1CC1. The van der Waals surface area contributed by atoms with E-state index in [1.807, 2.05) is 24.3 Å². The van der Waals surface area contributed by atoms with Crippen molar-refractivity contribution in [2.75, 3.05) is 0 Å². The Labute approximate surface area is 129 Å². The minimum atomic E-state index is -0.937. The van der Waals surface area contributed by atoms with E-state index in [1.54, 1.807) is 11.8 Å². The number of halogens is 1. The molecule has 5 heteroatoms. The summed E-state index contributed by atoms with van der Waals surface area (Å²) in [5.41, 5.74) is 1.14. The van der Waals surface area contributed by atoms with Crippen molar-refractivity contribution in [3.8, 4) is 0 Å². The Hall–Kier alpha value is -1.55. The molecule has 1 N–H and O–H groups in total. The smallest absolute Gasteiger partial charge is 0.326 e. The fraction of sp³-hybridized carbons (Fsp3) is 0.500. The molecule has 1 aromatic carbocycles. The normalized spacial score (nSPS) is 15.5. The van der Waals surface area contributed by atoms with Crippen LogP contribution in [-0.4, -0.2) is 34.0 Å². The van der Waals surface area contributed by atoms with E-state index in [0.717, 1.165) is 31.2 Å². The minimum absolute atomic E-state index is 0.0543. The average Bonchev–Trinajstić information content (AvgIpc) is 3.25. The Balaban J connectivity index is 1.85. The van der Waals surface area contributed by atoms with E-state index in [0.29, 0.717) is 11.4 Å². The summed E-state index contributed by atoms with van der Waals surface area (Å²) in [6, 6.07) is 6.96. The van der Waals surface area contributed by atoms with Gasteiger partial charge in [0.2, 0.25) is 5.91 Å². The van der Waals surface area contributed by atoms with Crippen LogP contribution in [0.1, 0.15) is 38.2 Å². The Bertz CT molecular complexity index is 511. The molecule has 114 valence electrons. The first-order valence-corrected chi connectivity index (χ1v) is 7.65. The highest BCUT2D eigenvalue weighted by Crippen LogP contribution is 2.29. The number of aryl methyl sites for hydroxylation is 1. The lowest BCUT2D eigenvalue weighted by molar-refractivity contribution is -0.150. The third kappa shape index (κ3) is 4.46. The highest BCUT2D eigenvalue weighted by molar-refractivity contribution is 6.30. The van der Waals surface area contributed by atoms with E-state index < -0.39 is 12.0 Å². The molecule has 1 aromatic rings. The maximum absolute atomic E-state index is 12.3. The lowest BCUT2D eigenvalue weighted by Gasteiger charge is -2.26. The number of rotatable bonds is 7. The van der Waals surface area contributed by atoms with Gasteiger partial charge in [0.1, 0.15) is 6.04 Å². The molecular formula is C16H20ClNO3. The summed E-state index contributed by atoms with van der Waals surface area (Å²) in [4.78, 5) is 24.9. The monoisotopic (exact) mass is 309 g/mol. The number of hydrogen-bond acceptors (Lipinski definition) is 2. The zero-order chi connectivity index (χ0) is 15.4. The zero-order valence-electron chi connectivity index (χ0n) is 12.1. The topological polar surface area (TPSA) is 57.6 Å². The van der Waals surface area contributed by atoms with E-state index in [-0.39, 0.29) is 11.9 Å². The third-order valence-electron chi connectivity index (χ3n) is 3.77. The zero-order valence-corrected chi connectivity index (χ0v) is 12.8. The van der Waals surface area contributed by atoms with Gasteiger partial charge in [-0.2, -0.15) is 0 Å². The third-order valence-corrected chi connectivity index (χ3v) is 4.02. The van der Waals surface area contributed by atoms with Gasteiger partial charge in [-0.05, 0) is 50.3 Å². The van der Waals surface area contributed by atoms with E-state index in [1.165, 1.54) is 0 Å². The maximum Gasteiger partial charge on any atom is 0.326 e. The molecule has 1 saturated carbocycles. The lowest BCUT2D eigenvalue weighted by atomic mass is 10.1. The van der Waals surface area contributed by atoms with Gasteiger partial charge in [0.25, 0.3) is 0 Å². The molecule has 1 atom stereocenters. The van der Waals surface area contributed by atoms with Crippen LogP contribution < -0.4 is 0 Å². The molecule has 1 amide bonds. The molecule has 1 unspecified atom stereocenters. The summed E-state index contributed by atoms with van der Waals surface area (Å²) >= 11 is 5.83. The van der Waals surface area contributed by atoms with Crippen molar-refractivity contribution in [1.29, 1.82) is 0 Å². The second-order valence-corrected chi connectivity index (χ2v) is 5.96. The number of hydrogen-bond donors (Lipinski definition) is 1. The number of aliphatic carboxylic acids is 1. The molecule has 0 radical (unpaired) electrons. The van der Waals surface area contributed by atoms with E-state index in [4.69, 9.17) is 16.7 Å². The quantitative estimate of drug-likeness (QED) is 0.842. The Kier molecular flexibility index (Phi) is 5.23. The van der Waals surface area contributed by atoms with Gasteiger partial charge >= 0.3 is 5.97 Å². The van der Waals surface area contributed by atoms with Crippen LogP contribution >= 0.6 is 11.6 Å². The van der Waals surface area contributed by atoms with Crippen molar-refractivity contribution in [2.45, 2.75) is 51.1 Å². The first-order chi connectivity index (χ1) is 9.99. The largest absolute Gasteiger partial charge is 0.480 e. The first kappa shape index (κ1) is 15.8. The predicted molar refractivity (Wildman–Crippen MR) is 81.4 cm³/mol. The van der Waals surface area contributed by atoms with Crippen LogP contribution in [0.5, 0.6) is 0 Å². The second-order valence-electron chi connectivity index (χ2n) is 5.53. The lowest BCUT2D eigenvalue weighted by Crippen LogP contribution is -2.44. The van der Waals surface area contributed by atoms with Crippen molar-refractivity contribution in [1.82, 2.24) is 4.90 Å². The molecule has 0 heterocycles. The molecule has 0 spiro atoms. The van der Waals surface area contributed by atoms with E-state index in [2.05, 4.69) is 0 Å². The molecule has 2 rings (SSSR count). The number of carboxylic acids is 1. The standard InChI is InChI=1S/C16H20ClNO3/c1-11(16(20)21)18(14-9-10-14)15(19)4-2-3-12-5-7-13(17)8-6-12/h5-8,11,14H,2-4,9-10H2,1H3,(H,20,21). The van der Waals surface area contributed by atoms with Crippen LogP contribution in [0.2, 0.25) is 5.02 Å². The highest BCUT2D eigenvalue weighted by atomic mass is 35.5. The van der Waals surface area contributed by atoms with E-state index in [9.17, 15) is 9.59 Å². The van der Waals surface area contributed by atoms with Crippen LogP contribution in [0, 0.1) is 0 Å². The summed E-state index contributed by atoms with van der Waals surface area (Å²) in [5, 5.41) is 9.80. The van der Waals surface area contributed by atoms with Gasteiger partial charge < -0.3 is 10.0 Å². The van der Waals surface area contributed by atoms with Crippen LogP contribution in [0.15, 0.2) is 24.3 Å². The molecule has 1 aliphatic carbocycles. The van der Waals surface area contributed by atoms with Crippen LogP contribution in [-0.2, 0) is 16.0 Å².